The van der Waals surface area contributed by atoms with Crippen molar-refractivity contribution in [1.82, 2.24) is 0 Å². The molecule has 16 heavy (non-hydrogen) atoms. The van der Waals surface area contributed by atoms with Gasteiger partial charge in [0.1, 0.15) is 0 Å². The van der Waals surface area contributed by atoms with Gasteiger partial charge in [-0.3, -0.25) is 4.18 Å². The van der Waals surface area contributed by atoms with Crippen molar-refractivity contribution in [2.24, 2.45) is 0 Å². The summed E-state index contributed by atoms with van der Waals surface area (Å²) in [6.45, 7) is 7.51. The fourth-order valence-corrected chi connectivity index (χ4v) is 2.11. The normalized spacial score (nSPS) is 11.7. The first-order valence-corrected chi connectivity index (χ1v) is 6.48. The highest BCUT2D eigenvalue weighted by Gasteiger charge is 2.14. The van der Waals surface area contributed by atoms with Crippen LogP contribution in [0, 0.1) is 0 Å². The second-order valence-electron chi connectivity index (χ2n) is 3.75. The van der Waals surface area contributed by atoms with Crippen LogP contribution in [0.25, 0.3) is 0 Å². The minimum Gasteiger partial charge on any atom is -0.262 e. The van der Waals surface area contributed by atoms with Crippen LogP contribution in [0.1, 0.15) is 25.3 Å². The maximum atomic E-state index is 11.6. The average Bonchev–Trinajstić information content (AvgIpc) is 2.26. The van der Waals surface area contributed by atoms with E-state index >= 15 is 0 Å². The van der Waals surface area contributed by atoms with Crippen LogP contribution in [0.3, 0.4) is 0 Å². The Bertz CT molecular complexity index is 444. The van der Waals surface area contributed by atoms with Crippen molar-refractivity contribution >= 4 is 10.1 Å². The molecule has 0 saturated heterocycles. The Morgan fingerprint density at radius 2 is 1.88 bits per heavy atom. The Labute approximate surface area is 96.9 Å². The van der Waals surface area contributed by atoms with Crippen LogP contribution in [0.15, 0.2) is 41.8 Å². The standard InChI is InChI=1S/C12H16O3S/c1-4-9-15-16(13,14)12-7-5-11(6-8-12)10(2)3/h4-8,10H,1,9H2,2-3H3. The zero-order valence-electron chi connectivity index (χ0n) is 9.51. The molecular weight excluding hydrogens is 224 g/mol. The summed E-state index contributed by atoms with van der Waals surface area (Å²) in [5.41, 5.74) is 1.10. The van der Waals surface area contributed by atoms with Gasteiger partial charge >= 0.3 is 0 Å². The SMILES string of the molecule is C=CCOS(=O)(=O)c1ccc(C(C)C)cc1. The summed E-state index contributed by atoms with van der Waals surface area (Å²) in [5, 5.41) is 0. The molecule has 0 aliphatic carbocycles. The van der Waals surface area contributed by atoms with Crippen molar-refractivity contribution in [1.29, 1.82) is 0 Å². The Balaban J connectivity index is 2.93. The molecule has 1 aromatic rings. The number of rotatable bonds is 5. The van der Waals surface area contributed by atoms with E-state index in [9.17, 15) is 8.42 Å². The molecule has 0 spiro atoms. The van der Waals surface area contributed by atoms with E-state index in [1.165, 1.54) is 6.08 Å². The smallest absolute Gasteiger partial charge is 0.262 e. The quantitative estimate of drug-likeness (QED) is 0.587. The molecule has 0 amide bonds. The first kappa shape index (κ1) is 12.9. The molecule has 0 bridgehead atoms. The first-order valence-electron chi connectivity index (χ1n) is 5.07. The minimum atomic E-state index is -3.64. The highest BCUT2D eigenvalue weighted by atomic mass is 32.2. The van der Waals surface area contributed by atoms with E-state index < -0.39 is 10.1 Å². The maximum Gasteiger partial charge on any atom is 0.297 e. The Hall–Kier alpha value is -1.13. The maximum absolute atomic E-state index is 11.6. The van der Waals surface area contributed by atoms with E-state index in [2.05, 4.69) is 20.4 Å². The molecule has 4 heteroatoms. The van der Waals surface area contributed by atoms with Crippen LogP contribution >= 0.6 is 0 Å². The van der Waals surface area contributed by atoms with Crippen LogP contribution in [-0.4, -0.2) is 15.0 Å². The molecule has 0 saturated carbocycles. The second kappa shape index (κ2) is 5.27. The summed E-state index contributed by atoms with van der Waals surface area (Å²) in [5.74, 6) is 0.380. The van der Waals surface area contributed by atoms with Crippen molar-refractivity contribution < 1.29 is 12.6 Å². The molecule has 0 N–H and O–H groups in total. The average molecular weight is 240 g/mol. The molecule has 0 heterocycles. The summed E-state index contributed by atoms with van der Waals surface area (Å²) in [6, 6.07) is 6.73. The number of hydrogen-bond acceptors (Lipinski definition) is 3. The molecule has 1 aromatic carbocycles. The van der Waals surface area contributed by atoms with Gasteiger partial charge in [0.05, 0.1) is 11.5 Å². The molecule has 3 nitrogen and oxygen atoms in total. The molecule has 0 atom stereocenters. The minimum absolute atomic E-state index is 0.00569. The van der Waals surface area contributed by atoms with E-state index in [1.54, 1.807) is 24.3 Å². The third-order valence-corrected chi connectivity index (χ3v) is 3.47. The van der Waals surface area contributed by atoms with Crippen LogP contribution in [0.5, 0.6) is 0 Å². The lowest BCUT2D eigenvalue weighted by Gasteiger charge is -2.07. The van der Waals surface area contributed by atoms with Gasteiger partial charge in [-0.15, -0.1) is 6.58 Å². The number of hydrogen-bond donors (Lipinski definition) is 0. The number of benzene rings is 1. The van der Waals surface area contributed by atoms with Crippen molar-refractivity contribution in [3.8, 4) is 0 Å². The fourth-order valence-electron chi connectivity index (χ4n) is 1.23. The Morgan fingerprint density at radius 1 is 1.31 bits per heavy atom. The molecule has 0 aromatic heterocycles. The molecule has 0 radical (unpaired) electrons. The molecule has 1 rings (SSSR count). The van der Waals surface area contributed by atoms with E-state index in [-0.39, 0.29) is 11.5 Å². The van der Waals surface area contributed by atoms with Gasteiger partial charge in [-0.05, 0) is 23.6 Å². The molecule has 0 aliphatic heterocycles. The monoisotopic (exact) mass is 240 g/mol. The van der Waals surface area contributed by atoms with Crippen molar-refractivity contribution in [3.63, 3.8) is 0 Å². The van der Waals surface area contributed by atoms with Gasteiger partial charge in [0, 0.05) is 0 Å². The Morgan fingerprint density at radius 3 is 2.31 bits per heavy atom. The zero-order valence-corrected chi connectivity index (χ0v) is 10.3. The molecule has 0 unspecified atom stereocenters. The Kier molecular flexibility index (Phi) is 4.26. The van der Waals surface area contributed by atoms with Crippen LogP contribution in [-0.2, 0) is 14.3 Å². The molecular formula is C12H16O3S. The summed E-state index contributed by atoms with van der Waals surface area (Å²) >= 11 is 0. The second-order valence-corrected chi connectivity index (χ2v) is 5.37. The molecule has 0 fully saturated rings. The van der Waals surface area contributed by atoms with E-state index in [0.29, 0.717) is 5.92 Å². The molecule has 88 valence electrons. The van der Waals surface area contributed by atoms with E-state index in [0.717, 1.165) is 5.56 Å². The highest BCUT2D eigenvalue weighted by Crippen LogP contribution is 2.18. The van der Waals surface area contributed by atoms with Gasteiger partial charge in [0.15, 0.2) is 0 Å². The van der Waals surface area contributed by atoms with Crippen molar-refractivity contribution in [2.75, 3.05) is 6.61 Å². The fraction of sp³-hybridized carbons (Fsp3) is 0.333. The van der Waals surface area contributed by atoms with E-state index in [1.807, 2.05) is 0 Å². The third kappa shape index (κ3) is 3.18. The van der Waals surface area contributed by atoms with Gasteiger partial charge in [-0.1, -0.05) is 32.1 Å². The summed E-state index contributed by atoms with van der Waals surface area (Å²) < 4.78 is 27.9. The lowest BCUT2D eigenvalue weighted by molar-refractivity contribution is 0.357. The van der Waals surface area contributed by atoms with Crippen molar-refractivity contribution in [2.45, 2.75) is 24.7 Å². The van der Waals surface area contributed by atoms with Crippen molar-refractivity contribution in [3.05, 3.63) is 42.5 Å². The summed E-state index contributed by atoms with van der Waals surface area (Å²) in [6.07, 6.45) is 1.40. The van der Waals surface area contributed by atoms with Gasteiger partial charge < -0.3 is 0 Å². The topological polar surface area (TPSA) is 43.4 Å². The first-order chi connectivity index (χ1) is 7.47. The molecule has 0 aliphatic rings. The predicted octanol–water partition coefficient (Wildman–Crippen LogP) is 2.70. The summed E-state index contributed by atoms with van der Waals surface area (Å²) in [7, 11) is -3.64. The third-order valence-electron chi connectivity index (χ3n) is 2.18. The van der Waals surface area contributed by atoms with Gasteiger partial charge in [-0.2, -0.15) is 8.42 Å². The van der Waals surface area contributed by atoms with Gasteiger partial charge in [-0.25, -0.2) is 0 Å². The van der Waals surface area contributed by atoms with Crippen LogP contribution < -0.4 is 0 Å². The predicted molar refractivity (Wildman–Crippen MR) is 63.9 cm³/mol. The van der Waals surface area contributed by atoms with Crippen LogP contribution in [0.2, 0.25) is 0 Å². The highest BCUT2D eigenvalue weighted by molar-refractivity contribution is 7.86. The van der Waals surface area contributed by atoms with E-state index in [4.69, 9.17) is 4.18 Å². The lowest BCUT2D eigenvalue weighted by Crippen LogP contribution is -2.06. The van der Waals surface area contributed by atoms with Gasteiger partial charge in [0.25, 0.3) is 10.1 Å². The summed E-state index contributed by atoms with van der Waals surface area (Å²) in [4.78, 5) is 0.179. The zero-order chi connectivity index (χ0) is 12.2. The lowest BCUT2D eigenvalue weighted by atomic mass is 10.0. The van der Waals surface area contributed by atoms with Crippen LogP contribution in [0.4, 0.5) is 0 Å². The largest absolute Gasteiger partial charge is 0.297 e. The van der Waals surface area contributed by atoms with Gasteiger partial charge in [0.2, 0.25) is 0 Å².